The Morgan fingerprint density at radius 3 is 2.16 bits per heavy atom. The van der Waals surface area contributed by atoms with Gasteiger partial charge in [-0.3, -0.25) is 14.4 Å². The van der Waals surface area contributed by atoms with Crippen LogP contribution in [0.1, 0.15) is 50.4 Å². The molecule has 0 aromatic heterocycles. The van der Waals surface area contributed by atoms with Gasteiger partial charge >= 0.3 is 5.97 Å². The fourth-order valence-electron chi connectivity index (χ4n) is 4.05. The lowest BCUT2D eigenvalue weighted by atomic mass is 9.97. The van der Waals surface area contributed by atoms with Crippen molar-refractivity contribution in [3.8, 4) is 11.1 Å². The highest BCUT2D eigenvalue weighted by Gasteiger charge is 2.33. The third-order valence-electron chi connectivity index (χ3n) is 5.75. The number of benzene rings is 2. The fourth-order valence-corrected chi connectivity index (χ4v) is 4.05. The van der Waals surface area contributed by atoms with Crippen LogP contribution in [-0.2, 0) is 14.3 Å². The average molecular weight is 423 g/mol. The van der Waals surface area contributed by atoms with Gasteiger partial charge in [-0.1, -0.05) is 42.5 Å². The van der Waals surface area contributed by atoms with E-state index in [2.05, 4.69) is 5.32 Å². The quantitative estimate of drug-likeness (QED) is 0.719. The van der Waals surface area contributed by atoms with Crippen LogP contribution in [0.3, 0.4) is 0 Å². The molecule has 0 radical (unpaired) electrons. The second-order valence-electron chi connectivity index (χ2n) is 8.13. The van der Waals surface area contributed by atoms with Crippen LogP contribution >= 0.6 is 0 Å². The molecule has 3 atom stereocenters. The largest absolute Gasteiger partial charge is 0.451 e. The number of nitrogens with one attached hydrogen (secondary N) is 1. The molecule has 3 rings (SSSR count). The van der Waals surface area contributed by atoms with Crippen molar-refractivity contribution >= 4 is 17.8 Å². The van der Waals surface area contributed by atoms with Crippen LogP contribution in [0.4, 0.5) is 0 Å². The third-order valence-corrected chi connectivity index (χ3v) is 5.75. The number of hydrogen-bond acceptors (Lipinski definition) is 4. The number of amides is 2. The summed E-state index contributed by atoms with van der Waals surface area (Å²) in [5.74, 6) is -1.18. The highest BCUT2D eigenvalue weighted by Crippen LogP contribution is 2.23. The summed E-state index contributed by atoms with van der Waals surface area (Å²) in [6, 6.07) is 17.3. The first-order chi connectivity index (χ1) is 14.9. The first-order valence-electron chi connectivity index (χ1n) is 10.8. The smallest absolute Gasteiger partial charge is 0.326 e. The van der Waals surface area contributed by atoms with Gasteiger partial charge in [0.2, 0.25) is 0 Å². The summed E-state index contributed by atoms with van der Waals surface area (Å²) in [4.78, 5) is 39.1. The number of esters is 1. The van der Waals surface area contributed by atoms with Crippen LogP contribution in [-0.4, -0.2) is 47.4 Å². The summed E-state index contributed by atoms with van der Waals surface area (Å²) in [5.41, 5.74) is 2.52. The van der Waals surface area contributed by atoms with Crippen LogP contribution < -0.4 is 5.32 Å². The average Bonchev–Trinajstić information content (AvgIpc) is 2.78. The standard InChI is InChI=1S/C25H30N2O4/c1-17-8-7-9-18(2)27(17)25(30)19(3)31-23(28)16-26-24(29)22-14-12-21(13-15-22)20-10-5-4-6-11-20/h4-6,10-15,17-19H,7-9,16H2,1-3H3,(H,26,29)/t17-,18-,19+/m0/s1. The summed E-state index contributed by atoms with van der Waals surface area (Å²) < 4.78 is 5.28. The van der Waals surface area contributed by atoms with Crippen molar-refractivity contribution in [3.05, 3.63) is 60.2 Å². The zero-order valence-electron chi connectivity index (χ0n) is 18.3. The molecule has 0 aliphatic carbocycles. The summed E-state index contributed by atoms with van der Waals surface area (Å²) >= 11 is 0. The molecule has 1 N–H and O–H groups in total. The molecule has 164 valence electrons. The summed E-state index contributed by atoms with van der Waals surface area (Å²) in [5, 5.41) is 2.56. The number of carbonyl (C=O) groups excluding carboxylic acids is 3. The van der Waals surface area contributed by atoms with E-state index < -0.39 is 12.1 Å². The van der Waals surface area contributed by atoms with Crippen LogP contribution in [0.25, 0.3) is 11.1 Å². The predicted octanol–water partition coefficient (Wildman–Crippen LogP) is 3.80. The molecule has 1 fully saturated rings. The lowest BCUT2D eigenvalue weighted by Crippen LogP contribution is -2.51. The Kier molecular flexibility index (Phi) is 7.45. The Morgan fingerprint density at radius 2 is 1.55 bits per heavy atom. The van der Waals surface area contributed by atoms with Crippen molar-refractivity contribution in [2.75, 3.05) is 6.54 Å². The van der Waals surface area contributed by atoms with Crippen molar-refractivity contribution in [3.63, 3.8) is 0 Å². The van der Waals surface area contributed by atoms with Crippen LogP contribution in [0.5, 0.6) is 0 Å². The summed E-state index contributed by atoms with van der Waals surface area (Å²) in [6.07, 6.45) is 2.13. The van der Waals surface area contributed by atoms with E-state index in [-0.39, 0.29) is 30.4 Å². The number of piperidine rings is 1. The summed E-state index contributed by atoms with van der Waals surface area (Å²) in [7, 11) is 0. The Labute approximate surface area is 183 Å². The molecule has 2 aromatic carbocycles. The number of likely N-dealkylation sites (tertiary alicyclic amines) is 1. The first kappa shape index (κ1) is 22.5. The molecule has 0 unspecified atom stereocenters. The minimum absolute atomic E-state index is 0.135. The first-order valence-corrected chi connectivity index (χ1v) is 10.8. The zero-order chi connectivity index (χ0) is 22.4. The molecule has 1 saturated heterocycles. The molecule has 1 heterocycles. The molecule has 0 saturated carbocycles. The third kappa shape index (κ3) is 5.72. The molecule has 1 aliphatic heterocycles. The van der Waals surface area contributed by atoms with E-state index in [1.165, 1.54) is 0 Å². The number of hydrogen-bond donors (Lipinski definition) is 1. The molecule has 0 bridgehead atoms. The molecule has 2 amide bonds. The van der Waals surface area contributed by atoms with E-state index in [4.69, 9.17) is 4.74 Å². The van der Waals surface area contributed by atoms with Crippen LogP contribution in [0.15, 0.2) is 54.6 Å². The van der Waals surface area contributed by atoms with Crippen molar-refractivity contribution in [2.45, 2.75) is 58.2 Å². The van der Waals surface area contributed by atoms with Gasteiger partial charge in [0.05, 0.1) is 0 Å². The molecular weight excluding hydrogens is 392 g/mol. The van der Waals surface area contributed by atoms with Gasteiger partial charge in [0.1, 0.15) is 6.54 Å². The van der Waals surface area contributed by atoms with Gasteiger partial charge < -0.3 is 15.0 Å². The van der Waals surface area contributed by atoms with Crippen molar-refractivity contribution in [1.29, 1.82) is 0 Å². The molecular formula is C25H30N2O4. The maximum Gasteiger partial charge on any atom is 0.326 e. The van der Waals surface area contributed by atoms with Crippen molar-refractivity contribution in [1.82, 2.24) is 10.2 Å². The van der Waals surface area contributed by atoms with E-state index in [0.29, 0.717) is 5.56 Å². The topological polar surface area (TPSA) is 75.7 Å². The second kappa shape index (κ2) is 10.2. The van der Waals surface area contributed by atoms with Gasteiger partial charge in [0.25, 0.3) is 11.8 Å². The van der Waals surface area contributed by atoms with E-state index in [9.17, 15) is 14.4 Å². The lowest BCUT2D eigenvalue weighted by Gasteiger charge is -2.40. The Morgan fingerprint density at radius 1 is 0.968 bits per heavy atom. The maximum absolute atomic E-state index is 12.7. The maximum atomic E-state index is 12.7. The Hall–Kier alpha value is -3.15. The number of carbonyl (C=O) groups is 3. The number of nitrogens with zero attached hydrogens (tertiary/aromatic N) is 1. The highest BCUT2D eigenvalue weighted by molar-refractivity contribution is 5.96. The van der Waals surface area contributed by atoms with Gasteiger partial charge in [-0.15, -0.1) is 0 Å². The minimum atomic E-state index is -0.877. The van der Waals surface area contributed by atoms with Gasteiger partial charge in [0, 0.05) is 17.6 Å². The van der Waals surface area contributed by atoms with Gasteiger partial charge in [-0.25, -0.2) is 0 Å². The monoisotopic (exact) mass is 422 g/mol. The van der Waals surface area contributed by atoms with Crippen LogP contribution in [0.2, 0.25) is 0 Å². The van der Waals surface area contributed by atoms with Gasteiger partial charge in [-0.05, 0) is 63.3 Å². The highest BCUT2D eigenvalue weighted by atomic mass is 16.5. The molecule has 1 aliphatic rings. The second-order valence-corrected chi connectivity index (χ2v) is 8.13. The minimum Gasteiger partial charge on any atom is -0.451 e. The SMILES string of the molecule is C[C@@H](OC(=O)CNC(=O)c1ccc(-c2ccccc2)cc1)C(=O)N1[C@@H](C)CCC[C@@H]1C. The normalized spacial score (nSPS) is 19.4. The van der Waals surface area contributed by atoms with E-state index >= 15 is 0 Å². The fraction of sp³-hybridized carbons (Fsp3) is 0.400. The molecule has 6 heteroatoms. The lowest BCUT2D eigenvalue weighted by molar-refractivity contribution is -0.161. The van der Waals surface area contributed by atoms with E-state index in [0.717, 1.165) is 30.4 Å². The van der Waals surface area contributed by atoms with E-state index in [1.807, 2.05) is 61.2 Å². The number of ether oxygens (including phenoxy) is 1. The Bertz CT molecular complexity index is 901. The van der Waals surface area contributed by atoms with Crippen LogP contribution in [0, 0.1) is 0 Å². The van der Waals surface area contributed by atoms with Gasteiger partial charge in [0.15, 0.2) is 6.10 Å². The van der Waals surface area contributed by atoms with Crippen molar-refractivity contribution < 1.29 is 19.1 Å². The van der Waals surface area contributed by atoms with Crippen molar-refractivity contribution in [2.24, 2.45) is 0 Å². The molecule has 31 heavy (non-hydrogen) atoms. The zero-order valence-corrected chi connectivity index (χ0v) is 18.3. The van der Waals surface area contributed by atoms with Gasteiger partial charge in [-0.2, -0.15) is 0 Å². The Balaban J connectivity index is 1.49. The summed E-state index contributed by atoms with van der Waals surface area (Å²) in [6.45, 7) is 5.33. The number of rotatable bonds is 6. The van der Waals surface area contributed by atoms with E-state index in [1.54, 1.807) is 19.1 Å². The predicted molar refractivity (Wildman–Crippen MR) is 119 cm³/mol. The molecule has 6 nitrogen and oxygen atoms in total. The molecule has 0 spiro atoms. The molecule has 2 aromatic rings.